The third-order valence-corrected chi connectivity index (χ3v) is 4.44. The summed E-state index contributed by atoms with van der Waals surface area (Å²) in [6.45, 7) is 2.02. The van der Waals surface area contributed by atoms with Crippen molar-refractivity contribution in [1.29, 1.82) is 0 Å². The lowest BCUT2D eigenvalue weighted by molar-refractivity contribution is -0.125. The molecule has 20 heavy (non-hydrogen) atoms. The first-order chi connectivity index (χ1) is 9.61. The fourth-order valence-electron chi connectivity index (χ4n) is 2.53. The fourth-order valence-corrected chi connectivity index (χ4v) is 3.04. The summed E-state index contributed by atoms with van der Waals surface area (Å²) >= 11 is 3.41. The molecule has 5 heteroatoms. The molecule has 0 atom stereocenters. The molecular weight excluding hydrogens is 320 g/mol. The number of nitrogens with zero attached hydrogens (tertiary/aromatic N) is 1. The zero-order chi connectivity index (χ0) is 14.5. The first-order valence-corrected chi connectivity index (χ1v) is 7.62. The minimum atomic E-state index is 0.0924. The fraction of sp³-hybridized carbons (Fsp3) is 0.467. The number of carbonyl (C=O) groups excluding carboxylic acids is 2. The zero-order valence-electron chi connectivity index (χ0n) is 11.6. The first-order valence-electron chi connectivity index (χ1n) is 6.83. The van der Waals surface area contributed by atoms with Crippen LogP contribution in [0.3, 0.4) is 0 Å². The largest absolute Gasteiger partial charge is 0.359 e. The number of ketones is 1. The maximum absolute atomic E-state index is 12.3. The molecule has 0 aliphatic carbocycles. The van der Waals surface area contributed by atoms with Crippen LogP contribution >= 0.6 is 15.9 Å². The lowest BCUT2D eigenvalue weighted by atomic mass is 9.95. The van der Waals surface area contributed by atoms with E-state index in [0.29, 0.717) is 6.54 Å². The van der Waals surface area contributed by atoms with Gasteiger partial charge in [-0.05, 0) is 32.0 Å². The number of piperidine rings is 1. The van der Waals surface area contributed by atoms with Gasteiger partial charge in [-0.1, -0.05) is 34.1 Å². The third-order valence-electron chi connectivity index (χ3n) is 3.75. The van der Waals surface area contributed by atoms with Crippen LogP contribution in [0.4, 0.5) is 0 Å². The molecule has 0 unspecified atom stereocenters. The van der Waals surface area contributed by atoms with Gasteiger partial charge in [-0.25, -0.2) is 0 Å². The highest BCUT2D eigenvalue weighted by molar-refractivity contribution is 9.10. The topological polar surface area (TPSA) is 49.4 Å². The first kappa shape index (κ1) is 15.2. The van der Waals surface area contributed by atoms with Gasteiger partial charge in [0, 0.05) is 23.0 Å². The molecule has 0 aromatic heterocycles. The van der Waals surface area contributed by atoms with E-state index in [1.807, 2.05) is 24.3 Å². The highest BCUT2D eigenvalue weighted by Gasteiger charge is 2.25. The minimum absolute atomic E-state index is 0.0924. The molecule has 108 valence electrons. The molecular formula is C15H19BrN2O2. The standard InChI is InChI=1S/C15H19BrN2O2/c1-17-15(20)11-6-8-18(9-7-11)10-14(19)12-4-2-3-5-13(12)16/h2-5,11H,6-10H2,1H3,(H,17,20). The van der Waals surface area contributed by atoms with Crippen LogP contribution in [-0.4, -0.2) is 43.3 Å². The molecule has 0 bridgehead atoms. The Labute approximate surface area is 127 Å². The van der Waals surface area contributed by atoms with Crippen molar-refractivity contribution in [2.75, 3.05) is 26.7 Å². The predicted octanol–water partition coefficient (Wildman–Crippen LogP) is 2.09. The number of nitrogens with one attached hydrogen (secondary N) is 1. The number of Topliss-reactive ketones (excluding diaryl/α,β-unsaturated/α-hetero) is 1. The Balaban J connectivity index is 1.88. The summed E-state index contributed by atoms with van der Waals surface area (Å²) in [5, 5.41) is 2.69. The molecule has 1 saturated heterocycles. The molecule has 1 aromatic rings. The summed E-state index contributed by atoms with van der Waals surface area (Å²) in [7, 11) is 1.67. The van der Waals surface area contributed by atoms with Crippen molar-refractivity contribution in [3.05, 3.63) is 34.3 Å². The van der Waals surface area contributed by atoms with E-state index in [-0.39, 0.29) is 17.6 Å². The molecule has 1 aliphatic heterocycles. The number of hydrogen-bond donors (Lipinski definition) is 1. The summed E-state index contributed by atoms with van der Waals surface area (Å²) in [5.41, 5.74) is 0.723. The lowest BCUT2D eigenvalue weighted by Crippen LogP contribution is -2.41. The van der Waals surface area contributed by atoms with Crippen LogP contribution in [-0.2, 0) is 4.79 Å². The van der Waals surface area contributed by atoms with Gasteiger partial charge in [-0.15, -0.1) is 0 Å². The summed E-state index contributed by atoms with van der Waals surface area (Å²) in [6, 6.07) is 7.49. The van der Waals surface area contributed by atoms with Crippen LogP contribution in [0.1, 0.15) is 23.2 Å². The molecule has 1 heterocycles. The van der Waals surface area contributed by atoms with Gasteiger partial charge in [0.25, 0.3) is 0 Å². The number of hydrogen-bond acceptors (Lipinski definition) is 3. The summed E-state index contributed by atoms with van der Waals surface area (Å²) in [5.74, 6) is 0.326. The van der Waals surface area contributed by atoms with Crippen LogP contribution in [0.25, 0.3) is 0 Å². The zero-order valence-corrected chi connectivity index (χ0v) is 13.1. The van der Waals surface area contributed by atoms with Crippen molar-refractivity contribution < 1.29 is 9.59 Å². The van der Waals surface area contributed by atoms with E-state index >= 15 is 0 Å². The molecule has 1 aliphatic rings. The Morgan fingerprint density at radius 1 is 1.30 bits per heavy atom. The van der Waals surface area contributed by atoms with Crippen molar-refractivity contribution >= 4 is 27.6 Å². The third kappa shape index (κ3) is 3.67. The molecule has 0 radical (unpaired) electrons. The molecule has 4 nitrogen and oxygen atoms in total. The minimum Gasteiger partial charge on any atom is -0.359 e. The van der Waals surface area contributed by atoms with Crippen molar-refractivity contribution in [1.82, 2.24) is 10.2 Å². The second kappa shape index (κ2) is 6.99. The number of rotatable bonds is 4. The maximum Gasteiger partial charge on any atom is 0.222 e. The monoisotopic (exact) mass is 338 g/mol. The van der Waals surface area contributed by atoms with E-state index in [1.54, 1.807) is 7.05 Å². The van der Waals surface area contributed by atoms with Crippen molar-refractivity contribution in [3.8, 4) is 0 Å². The quantitative estimate of drug-likeness (QED) is 0.855. The smallest absolute Gasteiger partial charge is 0.222 e. The van der Waals surface area contributed by atoms with Crippen LogP contribution < -0.4 is 5.32 Å². The van der Waals surface area contributed by atoms with E-state index in [0.717, 1.165) is 36.0 Å². The van der Waals surface area contributed by atoms with Gasteiger partial charge < -0.3 is 5.32 Å². The van der Waals surface area contributed by atoms with Crippen LogP contribution in [0, 0.1) is 5.92 Å². The number of likely N-dealkylation sites (tertiary alicyclic amines) is 1. The van der Waals surface area contributed by atoms with E-state index in [2.05, 4.69) is 26.1 Å². The van der Waals surface area contributed by atoms with E-state index in [1.165, 1.54) is 0 Å². The van der Waals surface area contributed by atoms with E-state index in [4.69, 9.17) is 0 Å². The van der Waals surface area contributed by atoms with Gasteiger partial charge in [0.05, 0.1) is 6.54 Å². The van der Waals surface area contributed by atoms with E-state index in [9.17, 15) is 9.59 Å². The summed E-state index contributed by atoms with van der Waals surface area (Å²) in [6.07, 6.45) is 1.64. The molecule has 2 rings (SSSR count). The maximum atomic E-state index is 12.3. The summed E-state index contributed by atoms with van der Waals surface area (Å²) in [4.78, 5) is 25.9. The Bertz CT molecular complexity index is 496. The molecule has 1 N–H and O–H groups in total. The van der Waals surface area contributed by atoms with Gasteiger partial charge in [0.15, 0.2) is 5.78 Å². The molecule has 1 amide bonds. The summed E-state index contributed by atoms with van der Waals surface area (Å²) < 4.78 is 0.838. The molecule has 0 saturated carbocycles. The SMILES string of the molecule is CNC(=O)C1CCN(CC(=O)c2ccccc2Br)CC1. The highest BCUT2D eigenvalue weighted by Crippen LogP contribution is 2.20. The van der Waals surface area contributed by atoms with Crippen LogP contribution in [0.15, 0.2) is 28.7 Å². The second-order valence-electron chi connectivity index (χ2n) is 5.07. The number of benzene rings is 1. The lowest BCUT2D eigenvalue weighted by Gasteiger charge is -2.30. The highest BCUT2D eigenvalue weighted by atomic mass is 79.9. The number of carbonyl (C=O) groups is 2. The molecule has 1 fully saturated rings. The van der Waals surface area contributed by atoms with Gasteiger partial charge in [0.2, 0.25) is 5.91 Å². The predicted molar refractivity (Wildman–Crippen MR) is 81.7 cm³/mol. The molecule has 1 aromatic carbocycles. The second-order valence-corrected chi connectivity index (χ2v) is 5.92. The Hall–Kier alpha value is -1.20. The van der Waals surface area contributed by atoms with Crippen LogP contribution in [0.5, 0.6) is 0 Å². The average Bonchev–Trinajstić information content (AvgIpc) is 2.47. The van der Waals surface area contributed by atoms with Crippen molar-refractivity contribution in [2.24, 2.45) is 5.92 Å². The normalized spacial score (nSPS) is 16.9. The Morgan fingerprint density at radius 2 is 1.95 bits per heavy atom. The van der Waals surface area contributed by atoms with Gasteiger partial charge in [-0.3, -0.25) is 14.5 Å². The Kier molecular flexibility index (Phi) is 5.31. The van der Waals surface area contributed by atoms with Crippen molar-refractivity contribution in [3.63, 3.8) is 0 Å². The van der Waals surface area contributed by atoms with Crippen LogP contribution in [0.2, 0.25) is 0 Å². The van der Waals surface area contributed by atoms with Gasteiger partial charge in [-0.2, -0.15) is 0 Å². The average molecular weight is 339 g/mol. The number of halogens is 1. The van der Waals surface area contributed by atoms with Gasteiger partial charge >= 0.3 is 0 Å². The van der Waals surface area contributed by atoms with Gasteiger partial charge in [0.1, 0.15) is 0 Å². The number of amides is 1. The Morgan fingerprint density at radius 3 is 2.55 bits per heavy atom. The molecule has 0 spiro atoms. The van der Waals surface area contributed by atoms with Crippen molar-refractivity contribution in [2.45, 2.75) is 12.8 Å². The van der Waals surface area contributed by atoms with E-state index < -0.39 is 0 Å².